The zero-order valence-corrected chi connectivity index (χ0v) is 14.9. The van der Waals surface area contributed by atoms with Crippen molar-refractivity contribution in [3.05, 3.63) is 58.6 Å². The van der Waals surface area contributed by atoms with Gasteiger partial charge in [-0.05, 0) is 55.3 Å². The van der Waals surface area contributed by atoms with Crippen molar-refractivity contribution in [2.75, 3.05) is 16.8 Å². The highest BCUT2D eigenvalue weighted by molar-refractivity contribution is 6.30. The van der Waals surface area contributed by atoms with Crippen molar-refractivity contribution in [3.63, 3.8) is 0 Å². The van der Waals surface area contributed by atoms with Crippen molar-refractivity contribution in [1.29, 1.82) is 0 Å². The Morgan fingerprint density at radius 2 is 1.88 bits per heavy atom. The third-order valence-corrected chi connectivity index (χ3v) is 4.49. The van der Waals surface area contributed by atoms with Crippen LogP contribution in [0.1, 0.15) is 17.5 Å². The first-order valence-corrected chi connectivity index (χ1v) is 8.51. The van der Waals surface area contributed by atoms with Crippen molar-refractivity contribution in [2.24, 2.45) is 0 Å². The van der Waals surface area contributed by atoms with Gasteiger partial charge in [0.25, 0.3) is 0 Å². The molecule has 1 aliphatic rings. The third kappa shape index (κ3) is 4.12. The quantitative estimate of drug-likeness (QED) is 0.875. The smallest absolute Gasteiger partial charge is 0.319 e. The number of benzene rings is 2. The second kappa shape index (κ2) is 7.15. The van der Waals surface area contributed by atoms with E-state index in [0.717, 1.165) is 22.5 Å². The lowest BCUT2D eigenvalue weighted by molar-refractivity contribution is -0.117. The summed E-state index contributed by atoms with van der Waals surface area (Å²) >= 11 is 5.88. The fourth-order valence-electron chi connectivity index (χ4n) is 2.89. The van der Waals surface area contributed by atoms with Crippen LogP contribution in [0, 0.1) is 13.8 Å². The fourth-order valence-corrected chi connectivity index (χ4v) is 3.02. The SMILES string of the molecule is Cc1ccc(C)c(NC(=O)NC2CC(=O)N(c3ccc(Cl)cc3)C2)c1. The normalized spacial score (nSPS) is 16.8. The minimum Gasteiger partial charge on any atom is -0.333 e. The lowest BCUT2D eigenvalue weighted by Gasteiger charge is -2.18. The van der Waals surface area contributed by atoms with Crippen LogP contribution in [0.3, 0.4) is 0 Å². The Morgan fingerprint density at radius 1 is 1.16 bits per heavy atom. The molecule has 1 unspecified atom stereocenters. The predicted molar refractivity (Wildman–Crippen MR) is 100 cm³/mol. The van der Waals surface area contributed by atoms with Crippen LogP contribution in [0.15, 0.2) is 42.5 Å². The lowest BCUT2D eigenvalue weighted by Crippen LogP contribution is -2.39. The maximum absolute atomic E-state index is 12.3. The van der Waals surface area contributed by atoms with Crippen molar-refractivity contribution < 1.29 is 9.59 Å². The molecule has 5 nitrogen and oxygen atoms in total. The number of urea groups is 1. The summed E-state index contributed by atoms with van der Waals surface area (Å²) in [5.74, 6) is -0.0145. The van der Waals surface area contributed by atoms with Gasteiger partial charge in [-0.15, -0.1) is 0 Å². The van der Waals surface area contributed by atoms with E-state index in [2.05, 4.69) is 10.6 Å². The Labute approximate surface area is 152 Å². The maximum Gasteiger partial charge on any atom is 0.319 e. The molecule has 2 aromatic carbocycles. The molecule has 6 heteroatoms. The van der Waals surface area contributed by atoms with Gasteiger partial charge in [-0.25, -0.2) is 4.79 Å². The van der Waals surface area contributed by atoms with Crippen LogP contribution < -0.4 is 15.5 Å². The van der Waals surface area contributed by atoms with Gasteiger partial charge >= 0.3 is 6.03 Å². The van der Waals surface area contributed by atoms with E-state index < -0.39 is 0 Å². The third-order valence-electron chi connectivity index (χ3n) is 4.24. The number of nitrogens with one attached hydrogen (secondary N) is 2. The molecule has 2 aromatic rings. The number of carbonyl (C=O) groups is 2. The van der Waals surface area contributed by atoms with Gasteiger partial charge < -0.3 is 15.5 Å². The maximum atomic E-state index is 12.3. The zero-order chi connectivity index (χ0) is 18.0. The monoisotopic (exact) mass is 357 g/mol. The van der Waals surface area contributed by atoms with Gasteiger partial charge in [-0.2, -0.15) is 0 Å². The molecule has 0 spiro atoms. The van der Waals surface area contributed by atoms with E-state index in [1.54, 1.807) is 29.2 Å². The summed E-state index contributed by atoms with van der Waals surface area (Å²) in [7, 11) is 0. The van der Waals surface area contributed by atoms with Gasteiger partial charge in [0.1, 0.15) is 0 Å². The summed E-state index contributed by atoms with van der Waals surface area (Å²) in [5, 5.41) is 6.36. The van der Waals surface area contributed by atoms with Crippen LogP contribution in [-0.2, 0) is 4.79 Å². The Balaban J connectivity index is 1.62. The summed E-state index contributed by atoms with van der Waals surface area (Å²) in [6, 6.07) is 12.5. The van der Waals surface area contributed by atoms with Crippen LogP contribution in [0.5, 0.6) is 0 Å². The summed E-state index contributed by atoms with van der Waals surface area (Å²) in [5.41, 5.74) is 3.63. The molecule has 1 heterocycles. The number of amides is 3. The number of carbonyl (C=O) groups excluding carboxylic acids is 2. The highest BCUT2D eigenvalue weighted by Gasteiger charge is 2.31. The fraction of sp³-hybridized carbons (Fsp3) is 0.263. The van der Waals surface area contributed by atoms with E-state index in [1.807, 2.05) is 32.0 Å². The minimum absolute atomic E-state index is 0.0145. The van der Waals surface area contributed by atoms with Gasteiger partial charge in [0.05, 0.1) is 6.04 Å². The predicted octanol–water partition coefficient (Wildman–Crippen LogP) is 3.88. The van der Waals surface area contributed by atoms with E-state index in [4.69, 9.17) is 11.6 Å². The number of nitrogens with zero attached hydrogens (tertiary/aromatic N) is 1. The van der Waals surface area contributed by atoms with E-state index in [-0.39, 0.29) is 24.4 Å². The summed E-state index contributed by atoms with van der Waals surface area (Å²) in [6.07, 6.45) is 0.281. The minimum atomic E-state index is -0.301. The first kappa shape index (κ1) is 17.3. The largest absolute Gasteiger partial charge is 0.333 e. The van der Waals surface area contributed by atoms with E-state index in [9.17, 15) is 9.59 Å². The second-order valence-corrected chi connectivity index (χ2v) is 6.74. The van der Waals surface area contributed by atoms with Crippen LogP contribution >= 0.6 is 11.6 Å². The van der Waals surface area contributed by atoms with Crippen LogP contribution in [0.2, 0.25) is 5.02 Å². The van der Waals surface area contributed by atoms with Crippen LogP contribution in [0.4, 0.5) is 16.2 Å². The van der Waals surface area contributed by atoms with Crippen LogP contribution in [-0.4, -0.2) is 24.5 Å². The number of anilines is 2. The molecule has 0 aromatic heterocycles. The number of hydrogen-bond acceptors (Lipinski definition) is 2. The summed E-state index contributed by atoms with van der Waals surface area (Å²) in [6.45, 7) is 4.36. The number of hydrogen-bond donors (Lipinski definition) is 2. The molecule has 3 rings (SSSR count). The molecule has 1 fully saturated rings. The molecule has 3 amide bonds. The molecule has 2 N–H and O–H groups in total. The first-order valence-electron chi connectivity index (χ1n) is 8.13. The van der Waals surface area contributed by atoms with Crippen LogP contribution in [0.25, 0.3) is 0 Å². The first-order chi connectivity index (χ1) is 11.9. The molecule has 25 heavy (non-hydrogen) atoms. The zero-order valence-electron chi connectivity index (χ0n) is 14.2. The molecule has 1 atom stereocenters. The highest BCUT2D eigenvalue weighted by Crippen LogP contribution is 2.23. The highest BCUT2D eigenvalue weighted by atomic mass is 35.5. The average molecular weight is 358 g/mol. The average Bonchev–Trinajstić information content (AvgIpc) is 2.92. The summed E-state index contributed by atoms with van der Waals surface area (Å²) < 4.78 is 0. The summed E-state index contributed by atoms with van der Waals surface area (Å²) in [4.78, 5) is 26.2. The molecule has 0 aliphatic carbocycles. The topological polar surface area (TPSA) is 61.4 Å². The number of rotatable bonds is 3. The Morgan fingerprint density at radius 3 is 2.60 bits per heavy atom. The van der Waals surface area contributed by atoms with Gasteiger partial charge in [0.2, 0.25) is 5.91 Å². The van der Waals surface area contributed by atoms with Crippen molar-refractivity contribution >= 4 is 34.9 Å². The molecule has 0 saturated carbocycles. The molecule has 130 valence electrons. The number of aryl methyl sites for hydroxylation is 2. The molecule has 1 aliphatic heterocycles. The van der Waals surface area contributed by atoms with Gasteiger partial charge in [0, 0.05) is 29.4 Å². The second-order valence-electron chi connectivity index (χ2n) is 6.30. The Kier molecular flexibility index (Phi) is 4.95. The lowest BCUT2D eigenvalue weighted by atomic mass is 10.1. The standard InChI is InChI=1S/C19H20ClN3O2/c1-12-3-4-13(2)17(9-12)22-19(25)21-15-10-18(24)23(11-15)16-7-5-14(20)6-8-16/h3-9,15H,10-11H2,1-2H3,(H2,21,22,25). The Hall–Kier alpha value is -2.53. The molecular weight excluding hydrogens is 338 g/mol. The van der Waals surface area contributed by atoms with E-state index in [1.165, 1.54) is 0 Å². The molecule has 1 saturated heterocycles. The van der Waals surface area contributed by atoms with Crippen molar-refractivity contribution in [1.82, 2.24) is 5.32 Å². The number of halogens is 1. The van der Waals surface area contributed by atoms with Gasteiger partial charge in [0.15, 0.2) is 0 Å². The van der Waals surface area contributed by atoms with E-state index in [0.29, 0.717) is 11.6 Å². The van der Waals surface area contributed by atoms with Crippen molar-refractivity contribution in [2.45, 2.75) is 26.3 Å². The van der Waals surface area contributed by atoms with Gasteiger partial charge in [-0.3, -0.25) is 4.79 Å². The van der Waals surface area contributed by atoms with Crippen molar-refractivity contribution in [3.8, 4) is 0 Å². The van der Waals surface area contributed by atoms with Gasteiger partial charge in [-0.1, -0.05) is 23.7 Å². The Bertz CT molecular complexity index is 805. The molecule has 0 radical (unpaired) electrons. The van der Waals surface area contributed by atoms with E-state index >= 15 is 0 Å². The molecular formula is C19H20ClN3O2. The molecule has 0 bridgehead atoms.